The molecule has 0 spiro atoms. The monoisotopic (exact) mass is 264 g/mol. The van der Waals surface area contributed by atoms with E-state index in [9.17, 15) is 9.59 Å². The zero-order valence-corrected chi connectivity index (χ0v) is 11.7. The minimum atomic E-state index is -0.430. The molecule has 0 bridgehead atoms. The first-order valence-corrected chi connectivity index (χ1v) is 6.09. The van der Waals surface area contributed by atoms with Crippen LogP contribution in [0.4, 0.5) is 0 Å². The van der Waals surface area contributed by atoms with Crippen LogP contribution >= 0.6 is 0 Å². The molecule has 104 valence electrons. The summed E-state index contributed by atoms with van der Waals surface area (Å²) in [5, 5.41) is 2.69. The second-order valence-electron chi connectivity index (χ2n) is 5.25. The maximum Gasteiger partial charge on any atom is 0.274 e. The average molecular weight is 264 g/mol. The molecule has 5 nitrogen and oxygen atoms in total. The van der Waals surface area contributed by atoms with Gasteiger partial charge in [-0.2, -0.15) is 0 Å². The van der Waals surface area contributed by atoms with Crippen molar-refractivity contribution in [3.63, 3.8) is 0 Å². The summed E-state index contributed by atoms with van der Waals surface area (Å²) in [5.41, 5.74) is 3.41. The molecule has 0 unspecified atom stereocenters. The molecular formula is C14H20N2O3. The van der Waals surface area contributed by atoms with Crippen LogP contribution in [0.3, 0.4) is 0 Å². The minimum absolute atomic E-state index is 0.0830. The van der Waals surface area contributed by atoms with Crippen molar-refractivity contribution in [2.75, 3.05) is 0 Å². The summed E-state index contributed by atoms with van der Waals surface area (Å²) in [7, 11) is 0. The normalized spacial score (nSPS) is 10.9. The summed E-state index contributed by atoms with van der Waals surface area (Å²) in [6.07, 6.45) is 0. The molecule has 19 heavy (non-hydrogen) atoms. The number of carbonyl (C=O) groups excluding carboxylic acids is 2. The van der Waals surface area contributed by atoms with Crippen LogP contribution in [0.5, 0.6) is 0 Å². The molecular weight excluding hydrogens is 244 g/mol. The van der Waals surface area contributed by atoms with E-state index in [2.05, 4.69) is 10.8 Å². The molecule has 0 aliphatic carbocycles. The molecule has 0 saturated heterocycles. The molecule has 1 aromatic rings. The maximum atomic E-state index is 11.8. The molecule has 1 rings (SSSR count). The Bertz CT molecular complexity index is 447. The highest BCUT2D eigenvalue weighted by atomic mass is 16.7. The SMILES string of the molecule is CC(=O)NCc1ccc(C(=O)NOC(C)(C)C)cc1. The van der Waals surface area contributed by atoms with Gasteiger partial charge in [-0.05, 0) is 38.5 Å². The summed E-state index contributed by atoms with van der Waals surface area (Å²) < 4.78 is 0. The first-order valence-electron chi connectivity index (χ1n) is 6.09. The number of rotatable bonds is 4. The third-order valence-corrected chi connectivity index (χ3v) is 2.21. The second kappa shape index (κ2) is 6.33. The van der Waals surface area contributed by atoms with Gasteiger partial charge in [0.25, 0.3) is 5.91 Å². The van der Waals surface area contributed by atoms with E-state index < -0.39 is 5.60 Å². The third-order valence-electron chi connectivity index (χ3n) is 2.21. The number of hydroxylamine groups is 1. The highest BCUT2D eigenvalue weighted by Crippen LogP contribution is 2.07. The minimum Gasteiger partial charge on any atom is -0.352 e. The predicted molar refractivity (Wildman–Crippen MR) is 72.3 cm³/mol. The van der Waals surface area contributed by atoms with Crippen LogP contribution in [0.2, 0.25) is 0 Å². The highest BCUT2D eigenvalue weighted by Gasteiger charge is 2.13. The molecule has 0 atom stereocenters. The Labute approximate surface area is 113 Å². The van der Waals surface area contributed by atoms with Crippen LogP contribution in [0.15, 0.2) is 24.3 Å². The van der Waals surface area contributed by atoms with Gasteiger partial charge >= 0.3 is 0 Å². The Hall–Kier alpha value is -1.88. The molecule has 0 aliphatic rings. The first kappa shape index (κ1) is 15.2. The fourth-order valence-corrected chi connectivity index (χ4v) is 1.26. The van der Waals surface area contributed by atoms with E-state index in [4.69, 9.17) is 4.84 Å². The van der Waals surface area contributed by atoms with Gasteiger partial charge in [0.1, 0.15) is 0 Å². The molecule has 0 radical (unpaired) electrons. The topological polar surface area (TPSA) is 67.4 Å². The van der Waals surface area contributed by atoms with E-state index in [1.54, 1.807) is 24.3 Å². The third kappa shape index (κ3) is 6.01. The highest BCUT2D eigenvalue weighted by molar-refractivity contribution is 5.93. The predicted octanol–water partition coefficient (Wildman–Crippen LogP) is 1.78. The number of carbonyl (C=O) groups is 2. The van der Waals surface area contributed by atoms with Crippen molar-refractivity contribution >= 4 is 11.8 Å². The van der Waals surface area contributed by atoms with E-state index in [-0.39, 0.29) is 11.8 Å². The van der Waals surface area contributed by atoms with E-state index in [1.165, 1.54) is 6.92 Å². The van der Waals surface area contributed by atoms with Crippen molar-refractivity contribution < 1.29 is 14.4 Å². The molecule has 1 aromatic carbocycles. The Morgan fingerprint density at radius 2 is 1.74 bits per heavy atom. The van der Waals surface area contributed by atoms with Gasteiger partial charge in [0.2, 0.25) is 5.91 Å². The number of hydrogen-bond acceptors (Lipinski definition) is 3. The maximum absolute atomic E-state index is 11.8. The second-order valence-corrected chi connectivity index (χ2v) is 5.25. The molecule has 0 aromatic heterocycles. The van der Waals surface area contributed by atoms with Gasteiger partial charge in [-0.25, -0.2) is 5.48 Å². The van der Waals surface area contributed by atoms with Crippen LogP contribution in [0.1, 0.15) is 43.6 Å². The summed E-state index contributed by atoms with van der Waals surface area (Å²) in [5.74, 6) is -0.374. The molecule has 2 amide bonds. The van der Waals surface area contributed by atoms with Crippen molar-refractivity contribution in [2.24, 2.45) is 0 Å². The fourth-order valence-electron chi connectivity index (χ4n) is 1.26. The van der Waals surface area contributed by atoms with Crippen molar-refractivity contribution in [1.29, 1.82) is 0 Å². The average Bonchev–Trinajstić information content (AvgIpc) is 2.33. The van der Waals surface area contributed by atoms with Gasteiger partial charge in [0, 0.05) is 19.0 Å². The zero-order chi connectivity index (χ0) is 14.5. The van der Waals surface area contributed by atoms with Gasteiger partial charge in [0.05, 0.1) is 5.60 Å². The van der Waals surface area contributed by atoms with Crippen LogP contribution in [0.25, 0.3) is 0 Å². The van der Waals surface area contributed by atoms with Crippen LogP contribution < -0.4 is 10.8 Å². The van der Waals surface area contributed by atoms with Gasteiger partial charge < -0.3 is 5.32 Å². The molecule has 0 aliphatic heterocycles. The van der Waals surface area contributed by atoms with Gasteiger partial charge in [0.15, 0.2) is 0 Å². The summed E-state index contributed by atoms with van der Waals surface area (Å²) in [4.78, 5) is 27.7. The molecule has 0 fully saturated rings. The molecule has 0 saturated carbocycles. The lowest BCUT2D eigenvalue weighted by molar-refractivity contribution is -0.119. The Morgan fingerprint density at radius 1 is 1.16 bits per heavy atom. The van der Waals surface area contributed by atoms with E-state index in [0.29, 0.717) is 12.1 Å². The number of benzene rings is 1. The van der Waals surface area contributed by atoms with Crippen LogP contribution in [-0.2, 0) is 16.2 Å². The van der Waals surface area contributed by atoms with Crippen LogP contribution in [-0.4, -0.2) is 17.4 Å². The Balaban J connectivity index is 2.55. The summed E-state index contributed by atoms with van der Waals surface area (Å²) in [6, 6.07) is 6.97. The lowest BCUT2D eigenvalue weighted by atomic mass is 10.1. The van der Waals surface area contributed by atoms with Crippen LogP contribution in [0, 0.1) is 0 Å². The van der Waals surface area contributed by atoms with E-state index >= 15 is 0 Å². The zero-order valence-electron chi connectivity index (χ0n) is 11.7. The number of hydrogen-bond donors (Lipinski definition) is 2. The van der Waals surface area contributed by atoms with Crippen molar-refractivity contribution in [2.45, 2.75) is 39.8 Å². The number of amides is 2. The molecule has 5 heteroatoms. The smallest absolute Gasteiger partial charge is 0.274 e. The van der Waals surface area contributed by atoms with Gasteiger partial charge in [-0.15, -0.1) is 0 Å². The Morgan fingerprint density at radius 3 is 2.21 bits per heavy atom. The van der Waals surface area contributed by atoms with E-state index in [0.717, 1.165) is 5.56 Å². The quantitative estimate of drug-likeness (QED) is 0.815. The molecule has 0 heterocycles. The molecule has 2 N–H and O–H groups in total. The standard InChI is InChI=1S/C14H20N2O3/c1-10(17)15-9-11-5-7-12(8-6-11)13(18)16-19-14(2,3)4/h5-8H,9H2,1-4H3,(H,15,17)(H,16,18). The lowest BCUT2D eigenvalue weighted by Crippen LogP contribution is -2.33. The largest absolute Gasteiger partial charge is 0.352 e. The number of nitrogens with one attached hydrogen (secondary N) is 2. The van der Waals surface area contributed by atoms with Crippen molar-refractivity contribution in [3.05, 3.63) is 35.4 Å². The lowest BCUT2D eigenvalue weighted by Gasteiger charge is -2.18. The first-order chi connectivity index (χ1) is 8.78. The van der Waals surface area contributed by atoms with Crippen molar-refractivity contribution in [1.82, 2.24) is 10.8 Å². The van der Waals surface area contributed by atoms with Crippen molar-refractivity contribution in [3.8, 4) is 0 Å². The Kier molecular flexibility index (Phi) is 5.06. The summed E-state index contributed by atoms with van der Waals surface area (Å²) >= 11 is 0. The fraction of sp³-hybridized carbons (Fsp3) is 0.429. The van der Waals surface area contributed by atoms with Gasteiger partial charge in [-0.1, -0.05) is 12.1 Å². The van der Waals surface area contributed by atoms with Gasteiger partial charge in [-0.3, -0.25) is 14.4 Å². The summed E-state index contributed by atoms with van der Waals surface area (Å²) in [6.45, 7) is 7.47. The van der Waals surface area contributed by atoms with E-state index in [1.807, 2.05) is 20.8 Å².